The van der Waals surface area contributed by atoms with Crippen molar-refractivity contribution in [2.24, 2.45) is 0 Å². The van der Waals surface area contributed by atoms with Crippen LogP contribution in [-0.2, 0) is 20.7 Å². The Morgan fingerprint density at radius 3 is 2.71 bits per heavy atom. The molecule has 0 aliphatic rings. The lowest BCUT2D eigenvalue weighted by atomic mass is 10.1. The van der Waals surface area contributed by atoms with E-state index in [-0.39, 0.29) is 6.42 Å². The van der Waals surface area contributed by atoms with E-state index in [2.05, 4.69) is 4.74 Å². The zero-order valence-electron chi connectivity index (χ0n) is 7.82. The SMILES string of the molecule is CC(=O)OC(=O)Cc1cccc(N)c1. The van der Waals surface area contributed by atoms with Gasteiger partial charge in [-0.25, -0.2) is 0 Å². The Morgan fingerprint density at radius 2 is 2.14 bits per heavy atom. The summed E-state index contributed by atoms with van der Waals surface area (Å²) in [7, 11) is 0. The van der Waals surface area contributed by atoms with E-state index in [1.54, 1.807) is 24.3 Å². The predicted octanol–water partition coefficient (Wildman–Crippen LogP) is 0.901. The van der Waals surface area contributed by atoms with Crippen LogP contribution < -0.4 is 5.73 Å². The molecule has 0 atom stereocenters. The first-order valence-electron chi connectivity index (χ1n) is 4.13. The van der Waals surface area contributed by atoms with Gasteiger partial charge in [-0.2, -0.15) is 0 Å². The minimum atomic E-state index is -0.598. The number of anilines is 1. The van der Waals surface area contributed by atoms with E-state index in [4.69, 9.17) is 5.73 Å². The van der Waals surface area contributed by atoms with Crippen molar-refractivity contribution in [3.8, 4) is 0 Å². The van der Waals surface area contributed by atoms with Gasteiger partial charge < -0.3 is 10.5 Å². The van der Waals surface area contributed by atoms with Crippen LogP contribution in [0, 0.1) is 0 Å². The van der Waals surface area contributed by atoms with Crippen LogP contribution in [0.15, 0.2) is 24.3 Å². The van der Waals surface area contributed by atoms with Gasteiger partial charge in [-0.1, -0.05) is 12.1 Å². The maximum atomic E-state index is 11.1. The number of nitrogen functional groups attached to an aromatic ring is 1. The molecule has 0 spiro atoms. The normalized spacial score (nSPS) is 9.50. The van der Waals surface area contributed by atoms with Crippen molar-refractivity contribution in [3.63, 3.8) is 0 Å². The summed E-state index contributed by atoms with van der Waals surface area (Å²) in [5.74, 6) is -1.16. The molecule has 4 nitrogen and oxygen atoms in total. The first-order chi connectivity index (χ1) is 6.58. The number of hydrogen-bond acceptors (Lipinski definition) is 4. The van der Waals surface area contributed by atoms with Gasteiger partial charge in [-0.05, 0) is 17.7 Å². The van der Waals surface area contributed by atoms with Crippen molar-refractivity contribution < 1.29 is 14.3 Å². The minimum absolute atomic E-state index is 0.0601. The minimum Gasteiger partial charge on any atom is -0.399 e. The Hall–Kier alpha value is -1.84. The highest BCUT2D eigenvalue weighted by molar-refractivity contribution is 5.85. The number of rotatable bonds is 2. The molecule has 0 fully saturated rings. The molecule has 0 bridgehead atoms. The number of carbonyl (C=O) groups is 2. The molecule has 14 heavy (non-hydrogen) atoms. The van der Waals surface area contributed by atoms with Crippen LogP contribution in [-0.4, -0.2) is 11.9 Å². The van der Waals surface area contributed by atoms with Gasteiger partial charge in [0.25, 0.3) is 0 Å². The average molecular weight is 193 g/mol. The van der Waals surface area contributed by atoms with Crippen LogP contribution in [0.3, 0.4) is 0 Å². The molecule has 0 saturated heterocycles. The van der Waals surface area contributed by atoms with Crippen LogP contribution in [0.5, 0.6) is 0 Å². The summed E-state index contributed by atoms with van der Waals surface area (Å²) >= 11 is 0. The first-order valence-corrected chi connectivity index (χ1v) is 4.13. The zero-order chi connectivity index (χ0) is 10.6. The smallest absolute Gasteiger partial charge is 0.317 e. The summed E-state index contributed by atoms with van der Waals surface area (Å²) in [6, 6.07) is 6.88. The molecule has 0 unspecified atom stereocenters. The second-order valence-corrected chi connectivity index (χ2v) is 2.89. The number of hydrogen-bond donors (Lipinski definition) is 1. The van der Waals surface area contributed by atoms with E-state index in [1.807, 2.05) is 0 Å². The lowest BCUT2D eigenvalue weighted by molar-refractivity contribution is -0.157. The standard InChI is InChI=1S/C10H11NO3/c1-7(12)14-10(13)6-8-3-2-4-9(11)5-8/h2-5H,6,11H2,1H3. The Kier molecular flexibility index (Phi) is 3.23. The molecule has 1 rings (SSSR count). The Bertz CT molecular complexity index is 360. The lowest BCUT2D eigenvalue weighted by Gasteiger charge is -2.01. The van der Waals surface area contributed by atoms with Crippen LogP contribution >= 0.6 is 0 Å². The number of esters is 2. The topological polar surface area (TPSA) is 69.4 Å². The molecule has 4 heteroatoms. The molecule has 1 aromatic rings. The van der Waals surface area contributed by atoms with Crippen molar-refractivity contribution in [2.75, 3.05) is 5.73 Å². The van der Waals surface area contributed by atoms with Gasteiger partial charge in [0.05, 0.1) is 6.42 Å². The predicted molar refractivity (Wildman–Crippen MR) is 51.3 cm³/mol. The molecule has 0 aliphatic carbocycles. The quantitative estimate of drug-likeness (QED) is 0.430. The van der Waals surface area contributed by atoms with E-state index in [0.717, 1.165) is 5.56 Å². The monoisotopic (exact) mass is 193 g/mol. The maximum Gasteiger partial charge on any atom is 0.317 e. The first kappa shape index (κ1) is 10.2. The molecule has 0 aromatic heterocycles. The van der Waals surface area contributed by atoms with Gasteiger partial charge in [0.15, 0.2) is 0 Å². The van der Waals surface area contributed by atoms with E-state index in [9.17, 15) is 9.59 Å². The molecule has 2 N–H and O–H groups in total. The summed E-state index contributed by atoms with van der Waals surface area (Å²) < 4.78 is 4.38. The molecule has 0 aliphatic heterocycles. The fraction of sp³-hybridized carbons (Fsp3) is 0.200. The van der Waals surface area contributed by atoms with Crippen molar-refractivity contribution in [1.82, 2.24) is 0 Å². The van der Waals surface area contributed by atoms with Crippen LogP contribution in [0.4, 0.5) is 5.69 Å². The lowest BCUT2D eigenvalue weighted by Crippen LogP contribution is -2.11. The van der Waals surface area contributed by atoms with Crippen LogP contribution in [0.2, 0.25) is 0 Å². The fourth-order valence-corrected chi connectivity index (χ4v) is 1.07. The van der Waals surface area contributed by atoms with Gasteiger partial charge in [-0.15, -0.1) is 0 Å². The van der Waals surface area contributed by atoms with Gasteiger partial charge >= 0.3 is 11.9 Å². The van der Waals surface area contributed by atoms with Gasteiger partial charge in [0.1, 0.15) is 0 Å². The summed E-state index contributed by atoms with van der Waals surface area (Å²) in [6.07, 6.45) is 0.0601. The third-order valence-electron chi connectivity index (χ3n) is 1.56. The second kappa shape index (κ2) is 4.41. The number of ether oxygens (including phenoxy) is 1. The Morgan fingerprint density at radius 1 is 1.43 bits per heavy atom. The number of nitrogens with two attached hydrogens (primary N) is 1. The highest BCUT2D eigenvalue weighted by Gasteiger charge is 2.07. The van der Waals surface area contributed by atoms with E-state index in [1.165, 1.54) is 6.92 Å². The average Bonchev–Trinajstić information content (AvgIpc) is 2.01. The van der Waals surface area contributed by atoms with Crippen molar-refractivity contribution in [2.45, 2.75) is 13.3 Å². The van der Waals surface area contributed by atoms with Crippen molar-refractivity contribution in [1.29, 1.82) is 0 Å². The van der Waals surface area contributed by atoms with Gasteiger partial charge in [0, 0.05) is 12.6 Å². The van der Waals surface area contributed by atoms with Crippen LogP contribution in [0.1, 0.15) is 12.5 Å². The fourth-order valence-electron chi connectivity index (χ4n) is 1.07. The Labute approximate surface area is 81.7 Å². The molecule has 0 amide bonds. The number of benzene rings is 1. The van der Waals surface area contributed by atoms with E-state index in [0.29, 0.717) is 5.69 Å². The molecule has 74 valence electrons. The van der Waals surface area contributed by atoms with Gasteiger partial charge in [-0.3, -0.25) is 9.59 Å². The molecule has 1 aromatic carbocycles. The molecular formula is C10H11NO3. The summed E-state index contributed by atoms with van der Waals surface area (Å²) in [5, 5.41) is 0. The molecular weight excluding hydrogens is 182 g/mol. The largest absolute Gasteiger partial charge is 0.399 e. The summed E-state index contributed by atoms with van der Waals surface area (Å²) in [4.78, 5) is 21.5. The number of carbonyl (C=O) groups excluding carboxylic acids is 2. The highest BCUT2D eigenvalue weighted by atomic mass is 16.6. The molecule has 0 saturated carbocycles. The highest BCUT2D eigenvalue weighted by Crippen LogP contribution is 2.07. The second-order valence-electron chi connectivity index (χ2n) is 2.89. The maximum absolute atomic E-state index is 11.1. The van der Waals surface area contributed by atoms with Crippen molar-refractivity contribution >= 4 is 17.6 Å². The zero-order valence-corrected chi connectivity index (χ0v) is 7.82. The Balaban J connectivity index is 2.60. The van der Waals surface area contributed by atoms with E-state index < -0.39 is 11.9 Å². The summed E-state index contributed by atoms with van der Waals surface area (Å²) in [5.41, 5.74) is 6.83. The van der Waals surface area contributed by atoms with Crippen molar-refractivity contribution in [3.05, 3.63) is 29.8 Å². The van der Waals surface area contributed by atoms with Gasteiger partial charge in [0.2, 0.25) is 0 Å². The van der Waals surface area contributed by atoms with E-state index >= 15 is 0 Å². The third-order valence-corrected chi connectivity index (χ3v) is 1.56. The third kappa shape index (κ3) is 3.26. The van der Waals surface area contributed by atoms with Crippen LogP contribution in [0.25, 0.3) is 0 Å². The molecule has 0 heterocycles. The summed E-state index contributed by atoms with van der Waals surface area (Å²) in [6.45, 7) is 1.19. The molecule has 0 radical (unpaired) electrons.